The average Bonchev–Trinajstić information content (AvgIpc) is 3.23. The Morgan fingerprint density at radius 3 is 1.90 bits per heavy atom. The SMILES string of the molecule is CCCC1(CCC)c2cc(-c3ccc(C(C)(C)C)cc3)ccc2-c2ccc(-c3oc4ccccc4c(=O)c3O)cc21. The molecule has 208 valence electrons. The number of rotatable bonds is 6. The van der Waals surface area contributed by atoms with E-state index in [9.17, 15) is 9.90 Å². The maximum Gasteiger partial charge on any atom is 0.235 e. The molecule has 3 nitrogen and oxygen atoms in total. The predicted molar refractivity (Wildman–Crippen MR) is 170 cm³/mol. The van der Waals surface area contributed by atoms with Crippen LogP contribution in [0.1, 0.15) is 77.0 Å². The van der Waals surface area contributed by atoms with Crippen LogP contribution in [0, 0.1) is 0 Å². The highest BCUT2D eigenvalue weighted by Crippen LogP contribution is 2.55. The summed E-state index contributed by atoms with van der Waals surface area (Å²) in [5.41, 5.74) is 9.67. The highest BCUT2D eigenvalue weighted by Gasteiger charge is 2.42. The van der Waals surface area contributed by atoms with Gasteiger partial charge in [0.2, 0.25) is 11.2 Å². The van der Waals surface area contributed by atoms with E-state index in [1.807, 2.05) is 12.1 Å². The fourth-order valence-corrected chi connectivity index (χ4v) is 6.82. The molecule has 0 fully saturated rings. The monoisotopic (exact) mass is 542 g/mol. The van der Waals surface area contributed by atoms with Crippen LogP contribution >= 0.6 is 0 Å². The average molecular weight is 543 g/mol. The molecule has 1 aliphatic rings. The van der Waals surface area contributed by atoms with Crippen molar-refractivity contribution in [3.05, 3.63) is 112 Å². The lowest BCUT2D eigenvalue weighted by Crippen LogP contribution is -2.25. The second-order valence-corrected chi connectivity index (χ2v) is 12.5. The third kappa shape index (κ3) is 4.39. The molecule has 0 atom stereocenters. The highest BCUT2D eigenvalue weighted by atomic mass is 16.4. The molecule has 5 aromatic rings. The summed E-state index contributed by atoms with van der Waals surface area (Å²) < 4.78 is 6.14. The molecule has 1 heterocycles. The van der Waals surface area contributed by atoms with Crippen LogP contribution in [0.25, 0.3) is 44.5 Å². The first-order valence-corrected chi connectivity index (χ1v) is 14.8. The topological polar surface area (TPSA) is 50.4 Å². The number of benzene rings is 4. The van der Waals surface area contributed by atoms with Gasteiger partial charge in [0.15, 0.2) is 5.76 Å². The lowest BCUT2D eigenvalue weighted by Gasteiger charge is -2.32. The van der Waals surface area contributed by atoms with Crippen molar-refractivity contribution in [3.8, 4) is 39.3 Å². The van der Waals surface area contributed by atoms with Crippen molar-refractivity contribution >= 4 is 11.0 Å². The lowest BCUT2D eigenvalue weighted by molar-refractivity contribution is 0.435. The number of fused-ring (bicyclic) bond motifs is 4. The van der Waals surface area contributed by atoms with Gasteiger partial charge in [-0.2, -0.15) is 0 Å². The highest BCUT2D eigenvalue weighted by molar-refractivity contribution is 5.87. The van der Waals surface area contributed by atoms with Gasteiger partial charge in [0.05, 0.1) is 5.39 Å². The molecule has 4 aromatic carbocycles. The molecule has 6 rings (SSSR count). The third-order valence-electron chi connectivity index (χ3n) is 8.83. The fourth-order valence-electron chi connectivity index (χ4n) is 6.82. The maximum atomic E-state index is 13.0. The quantitative estimate of drug-likeness (QED) is 0.232. The molecule has 0 unspecified atom stereocenters. The molecule has 0 spiro atoms. The molecule has 0 aliphatic heterocycles. The molecule has 1 aromatic heterocycles. The van der Waals surface area contributed by atoms with Gasteiger partial charge in [-0.15, -0.1) is 0 Å². The number of hydrogen-bond acceptors (Lipinski definition) is 3. The van der Waals surface area contributed by atoms with Crippen molar-refractivity contribution in [1.82, 2.24) is 0 Å². The Labute approximate surface area is 242 Å². The Hall–Kier alpha value is -4.11. The molecule has 0 saturated heterocycles. The number of hydrogen-bond donors (Lipinski definition) is 1. The maximum absolute atomic E-state index is 13.0. The molecule has 0 bridgehead atoms. The summed E-state index contributed by atoms with van der Waals surface area (Å²) in [6.45, 7) is 11.2. The van der Waals surface area contributed by atoms with Crippen LogP contribution in [0.4, 0.5) is 0 Å². The number of aromatic hydroxyl groups is 1. The molecule has 0 amide bonds. The van der Waals surface area contributed by atoms with E-state index in [4.69, 9.17) is 4.42 Å². The first kappa shape index (κ1) is 27.1. The van der Waals surface area contributed by atoms with Crippen LogP contribution in [0.15, 0.2) is 94.1 Å². The minimum Gasteiger partial charge on any atom is -0.502 e. The van der Waals surface area contributed by atoms with Gasteiger partial charge in [-0.1, -0.05) is 108 Å². The van der Waals surface area contributed by atoms with Crippen molar-refractivity contribution in [1.29, 1.82) is 0 Å². The van der Waals surface area contributed by atoms with E-state index in [1.165, 1.54) is 38.9 Å². The Kier molecular flexibility index (Phi) is 6.65. The molecule has 0 radical (unpaired) electrons. The Morgan fingerprint density at radius 2 is 1.29 bits per heavy atom. The van der Waals surface area contributed by atoms with Crippen LogP contribution in [0.2, 0.25) is 0 Å². The third-order valence-corrected chi connectivity index (χ3v) is 8.83. The van der Waals surface area contributed by atoms with Crippen molar-refractivity contribution in [3.63, 3.8) is 0 Å². The molecule has 41 heavy (non-hydrogen) atoms. The van der Waals surface area contributed by atoms with E-state index >= 15 is 0 Å². The smallest absolute Gasteiger partial charge is 0.235 e. The summed E-state index contributed by atoms with van der Waals surface area (Å²) in [6, 6.07) is 29.3. The van der Waals surface area contributed by atoms with Gasteiger partial charge in [0, 0.05) is 11.0 Å². The van der Waals surface area contributed by atoms with E-state index in [1.54, 1.807) is 18.2 Å². The molecule has 3 heteroatoms. The van der Waals surface area contributed by atoms with Gasteiger partial charge in [-0.05, 0) is 81.5 Å². The van der Waals surface area contributed by atoms with Gasteiger partial charge in [-0.25, -0.2) is 0 Å². The van der Waals surface area contributed by atoms with Gasteiger partial charge in [-0.3, -0.25) is 4.79 Å². The summed E-state index contributed by atoms with van der Waals surface area (Å²) in [5.74, 6) is -0.106. The molecule has 1 N–H and O–H groups in total. The van der Waals surface area contributed by atoms with Crippen LogP contribution in [0.3, 0.4) is 0 Å². The molecule has 0 saturated carbocycles. The van der Waals surface area contributed by atoms with Crippen molar-refractivity contribution in [2.45, 2.75) is 71.1 Å². The van der Waals surface area contributed by atoms with E-state index in [-0.39, 0.29) is 22.3 Å². The second kappa shape index (κ2) is 10.1. The summed E-state index contributed by atoms with van der Waals surface area (Å²) in [5, 5.41) is 11.3. The molecular formula is C38H38O3. The zero-order valence-electron chi connectivity index (χ0n) is 24.7. The summed E-state index contributed by atoms with van der Waals surface area (Å²) in [4.78, 5) is 13.0. The minimum absolute atomic E-state index is 0.117. The summed E-state index contributed by atoms with van der Waals surface area (Å²) in [6.07, 6.45) is 4.13. The zero-order valence-corrected chi connectivity index (χ0v) is 24.7. The standard InChI is InChI=1S/C38H38O3/c1-6-20-38(21-7-2)31-22-25(24-12-16-27(17-13-24)37(3,4)5)14-18-28(31)29-19-15-26(23-32(29)38)36-35(40)34(39)30-10-8-9-11-33(30)41-36/h8-19,22-23,40H,6-7,20-21H2,1-5H3. The second-order valence-electron chi connectivity index (χ2n) is 12.5. The van der Waals surface area contributed by atoms with Gasteiger partial charge >= 0.3 is 0 Å². The summed E-state index contributed by atoms with van der Waals surface area (Å²) >= 11 is 0. The zero-order chi connectivity index (χ0) is 28.9. The van der Waals surface area contributed by atoms with Crippen LogP contribution < -0.4 is 5.43 Å². The largest absolute Gasteiger partial charge is 0.502 e. The van der Waals surface area contributed by atoms with Gasteiger partial charge in [0.1, 0.15) is 5.58 Å². The number of para-hydroxylation sites is 1. The minimum atomic E-state index is -0.402. The molecular weight excluding hydrogens is 504 g/mol. The van der Waals surface area contributed by atoms with E-state index in [2.05, 4.69) is 89.2 Å². The fraction of sp³-hybridized carbons (Fsp3) is 0.289. The Balaban J connectivity index is 1.52. The Bertz CT molecular complexity index is 1810. The first-order chi connectivity index (χ1) is 19.7. The lowest BCUT2D eigenvalue weighted by atomic mass is 9.71. The van der Waals surface area contributed by atoms with Gasteiger partial charge < -0.3 is 9.52 Å². The van der Waals surface area contributed by atoms with Crippen LogP contribution in [-0.2, 0) is 10.8 Å². The van der Waals surface area contributed by atoms with E-state index in [0.29, 0.717) is 11.0 Å². The van der Waals surface area contributed by atoms with Crippen molar-refractivity contribution in [2.24, 2.45) is 0 Å². The van der Waals surface area contributed by atoms with Crippen molar-refractivity contribution < 1.29 is 9.52 Å². The Morgan fingerprint density at radius 1 is 0.732 bits per heavy atom. The van der Waals surface area contributed by atoms with Gasteiger partial charge in [0.25, 0.3) is 0 Å². The summed E-state index contributed by atoms with van der Waals surface area (Å²) in [7, 11) is 0. The van der Waals surface area contributed by atoms with E-state index < -0.39 is 5.43 Å². The van der Waals surface area contributed by atoms with Crippen LogP contribution in [-0.4, -0.2) is 5.11 Å². The predicted octanol–water partition coefficient (Wildman–Crippen LogP) is 10.00. The normalized spacial score (nSPS) is 13.8. The van der Waals surface area contributed by atoms with Crippen molar-refractivity contribution in [2.75, 3.05) is 0 Å². The molecule has 1 aliphatic carbocycles. The first-order valence-electron chi connectivity index (χ1n) is 14.8. The van der Waals surface area contributed by atoms with E-state index in [0.717, 1.165) is 31.2 Å². The van der Waals surface area contributed by atoms with Crippen LogP contribution in [0.5, 0.6) is 5.75 Å².